The van der Waals surface area contributed by atoms with Gasteiger partial charge in [-0.25, -0.2) is 4.39 Å². The Bertz CT molecular complexity index is 347. The minimum Gasteiger partial charge on any atom is -0.324 e. The lowest BCUT2D eigenvalue weighted by Crippen LogP contribution is -2.19. The van der Waals surface area contributed by atoms with Crippen LogP contribution in [0.4, 0.5) is 4.39 Å². The molecule has 0 radical (unpaired) electrons. The van der Waals surface area contributed by atoms with E-state index < -0.39 is 0 Å². The summed E-state index contributed by atoms with van der Waals surface area (Å²) in [6.07, 6.45) is 4.97. The van der Waals surface area contributed by atoms with Gasteiger partial charge in [-0.2, -0.15) is 0 Å². The van der Waals surface area contributed by atoms with E-state index in [0.717, 1.165) is 5.56 Å². The van der Waals surface area contributed by atoms with Gasteiger partial charge < -0.3 is 5.73 Å². The van der Waals surface area contributed by atoms with E-state index in [1.807, 2.05) is 0 Å². The topological polar surface area (TPSA) is 26.0 Å². The summed E-state index contributed by atoms with van der Waals surface area (Å²) in [5.41, 5.74) is 7.21. The third-order valence-electron chi connectivity index (χ3n) is 3.24. The third-order valence-corrected chi connectivity index (χ3v) is 3.84. The number of rotatable bonds is 2. The fourth-order valence-electron chi connectivity index (χ4n) is 2.31. The van der Waals surface area contributed by atoms with Crippen LogP contribution in [0.15, 0.2) is 22.7 Å². The van der Waals surface area contributed by atoms with Crippen LogP contribution in [0.25, 0.3) is 0 Å². The maximum atomic E-state index is 13.1. The van der Waals surface area contributed by atoms with Gasteiger partial charge in [0.2, 0.25) is 0 Å². The Kier molecular flexibility index (Phi) is 3.42. The summed E-state index contributed by atoms with van der Waals surface area (Å²) < 4.78 is 13.6. The second-order valence-corrected chi connectivity index (χ2v) is 5.10. The Hall–Kier alpha value is -0.410. The van der Waals surface area contributed by atoms with Crippen LogP contribution in [-0.4, -0.2) is 0 Å². The normalized spacial score (nSPS) is 19.4. The Morgan fingerprint density at radius 3 is 2.60 bits per heavy atom. The van der Waals surface area contributed by atoms with Gasteiger partial charge in [-0.15, -0.1) is 0 Å². The zero-order chi connectivity index (χ0) is 10.8. The molecule has 1 aromatic rings. The molecule has 1 aliphatic rings. The van der Waals surface area contributed by atoms with Crippen molar-refractivity contribution >= 4 is 15.9 Å². The second kappa shape index (κ2) is 4.62. The van der Waals surface area contributed by atoms with E-state index in [9.17, 15) is 4.39 Å². The van der Waals surface area contributed by atoms with E-state index in [2.05, 4.69) is 15.9 Å². The first-order valence-electron chi connectivity index (χ1n) is 5.39. The first-order valence-corrected chi connectivity index (χ1v) is 6.18. The van der Waals surface area contributed by atoms with Crippen LogP contribution in [0.1, 0.15) is 37.3 Å². The summed E-state index contributed by atoms with van der Waals surface area (Å²) in [7, 11) is 0. The predicted octanol–water partition coefficient (Wildman–Crippen LogP) is 3.78. The monoisotopic (exact) mass is 271 g/mol. The zero-order valence-electron chi connectivity index (χ0n) is 8.55. The van der Waals surface area contributed by atoms with E-state index in [1.54, 1.807) is 12.1 Å². The lowest BCUT2D eigenvalue weighted by atomic mass is 9.92. The first-order chi connectivity index (χ1) is 7.18. The number of hydrogen-bond acceptors (Lipinski definition) is 1. The van der Waals surface area contributed by atoms with E-state index in [-0.39, 0.29) is 11.9 Å². The molecule has 1 aromatic carbocycles. The summed E-state index contributed by atoms with van der Waals surface area (Å²) in [5, 5.41) is 0. The SMILES string of the molecule is N[C@@H](c1ccc(F)c(Br)c1)C1CCCC1. The van der Waals surface area contributed by atoms with Gasteiger partial charge in [0.15, 0.2) is 0 Å². The number of hydrogen-bond donors (Lipinski definition) is 1. The summed E-state index contributed by atoms with van der Waals surface area (Å²) >= 11 is 3.19. The van der Waals surface area contributed by atoms with Gasteiger partial charge in [0.1, 0.15) is 5.82 Å². The molecule has 0 unspecified atom stereocenters. The van der Waals surface area contributed by atoms with Crippen LogP contribution in [0.2, 0.25) is 0 Å². The molecule has 15 heavy (non-hydrogen) atoms. The third kappa shape index (κ3) is 2.40. The lowest BCUT2D eigenvalue weighted by molar-refractivity contribution is 0.444. The molecular weight excluding hydrogens is 257 g/mol. The predicted molar refractivity (Wildman–Crippen MR) is 63.0 cm³/mol. The van der Waals surface area contributed by atoms with E-state index in [4.69, 9.17) is 5.73 Å². The smallest absolute Gasteiger partial charge is 0.137 e. The molecule has 2 N–H and O–H groups in total. The molecular formula is C12H15BrFN. The van der Waals surface area contributed by atoms with E-state index in [0.29, 0.717) is 10.4 Å². The van der Waals surface area contributed by atoms with Crippen LogP contribution < -0.4 is 5.73 Å². The highest BCUT2D eigenvalue weighted by molar-refractivity contribution is 9.10. The molecule has 82 valence electrons. The van der Waals surface area contributed by atoms with Crippen LogP contribution in [0.3, 0.4) is 0 Å². The molecule has 1 nitrogen and oxygen atoms in total. The van der Waals surface area contributed by atoms with Crippen molar-refractivity contribution in [1.29, 1.82) is 0 Å². The van der Waals surface area contributed by atoms with Crippen molar-refractivity contribution in [3.05, 3.63) is 34.1 Å². The molecule has 0 heterocycles. The van der Waals surface area contributed by atoms with Crippen LogP contribution >= 0.6 is 15.9 Å². The van der Waals surface area contributed by atoms with Crippen molar-refractivity contribution in [2.24, 2.45) is 11.7 Å². The van der Waals surface area contributed by atoms with Crippen molar-refractivity contribution in [1.82, 2.24) is 0 Å². The highest BCUT2D eigenvalue weighted by Gasteiger charge is 2.23. The van der Waals surface area contributed by atoms with Gasteiger partial charge in [0, 0.05) is 6.04 Å². The Morgan fingerprint density at radius 2 is 2.00 bits per heavy atom. The standard InChI is InChI=1S/C12H15BrFN/c13-10-7-9(5-6-11(10)14)12(15)8-3-1-2-4-8/h5-8,12H,1-4,15H2/t12-/m1/s1. The fraction of sp³-hybridized carbons (Fsp3) is 0.500. The van der Waals surface area contributed by atoms with Crippen molar-refractivity contribution in [2.75, 3.05) is 0 Å². The summed E-state index contributed by atoms with van der Waals surface area (Å²) in [4.78, 5) is 0. The minimum absolute atomic E-state index is 0.0596. The van der Waals surface area contributed by atoms with Crippen LogP contribution in [0.5, 0.6) is 0 Å². The van der Waals surface area contributed by atoms with Gasteiger partial charge in [0.05, 0.1) is 4.47 Å². The molecule has 0 saturated heterocycles. The first kappa shape index (κ1) is 11.1. The molecule has 0 aromatic heterocycles. The molecule has 0 bridgehead atoms. The molecule has 0 spiro atoms. The van der Waals surface area contributed by atoms with Gasteiger partial charge in [-0.1, -0.05) is 18.9 Å². The Labute approximate surface area is 98.0 Å². The summed E-state index contributed by atoms with van der Waals surface area (Å²) in [6.45, 7) is 0. The van der Waals surface area contributed by atoms with Gasteiger partial charge >= 0.3 is 0 Å². The summed E-state index contributed by atoms with van der Waals surface area (Å²) in [6, 6.07) is 5.14. The highest BCUT2D eigenvalue weighted by Crippen LogP contribution is 2.35. The number of benzene rings is 1. The highest BCUT2D eigenvalue weighted by atomic mass is 79.9. The van der Waals surface area contributed by atoms with Crippen LogP contribution in [0, 0.1) is 11.7 Å². The van der Waals surface area contributed by atoms with Gasteiger partial charge in [-0.05, 0) is 52.4 Å². The second-order valence-electron chi connectivity index (χ2n) is 4.24. The average Bonchev–Trinajstić information content (AvgIpc) is 2.74. The largest absolute Gasteiger partial charge is 0.324 e. The van der Waals surface area contributed by atoms with Crippen molar-refractivity contribution < 1.29 is 4.39 Å². The van der Waals surface area contributed by atoms with Crippen LogP contribution in [-0.2, 0) is 0 Å². The van der Waals surface area contributed by atoms with Crippen molar-refractivity contribution in [3.63, 3.8) is 0 Å². The Balaban J connectivity index is 2.17. The maximum Gasteiger partial charge on any atom is 0.137 e. The Morgan fingerprint density at radius 1 is 1.33 bits per heavy atom. The molecule has 0 aliphatic heterocycles. The molecule has 1 aliphatic carbocycles. The molecule has 2 rings (SSSR count). The molecule has 1 atom stereocenters. The molecule has 0 amide bonds. The fourth-order valence-corrected chi connectivity index (χ4v) is 2.70. The number of halogens is 2. The van der Waals surface area contributed by atoms with E-state index >= 15 is 0 Å². The maximum absolute atomic E-state index is 13.1. The molecule has 1 fully saturated rings. The zero-order valence-corrected chi connectivity index (χ0v) is 10.1. The van der Waals surface area contributed by atoms with Crippen molar-refractivity contribution in [2.45, 2.75) is 31.7 Å². The quantitative estimate of drug-likeness (QED) is 0.871. The van der Waals surface area contributed by atoms with E-state index in [1.165, 1.54) is 31.7 Å². The lowest BCUT2D eigenvalue weighted by Gasteiger charge is -2.19. The molecule has 3 heteroatoms. The molecule has 1 saturated carbocycles. The van der Waals surface area contributed by atoms with Gasteiger partial charge in [0.25, 0.3) is 0 Å². The van der Waals surface area contributed by atoms with Crippen molar-refractivity contribution in [3.8, 4) is 0 Å². The average molecular weight is 272 g/mol. The summed E-state index contributed by atoms with van der Waals surface area (Å²) in [5.74, 6) is 0.347. The van der Waals surface area contributed by atoms with Gasteiger partial charge in [-0.3, -0.25) is 0 Å². The minimum atomic E-state index is -0.225. The number of nitrogens with two attached hydrogens (primary N) is 1.